The van der Waals surface area contributed by atoms with E-state index in [4.69, 9.17) is 10.5 Å². The van der Waals surface area contributed by atoms with Crippen LogP contribution in [0.15, 0.2) is 87.0 Å². The van der Waals surface area contributed by atoms with Gasteiger partial charge in [-0.15, -0.1) is 5.10 Å². The Kier molecular flexibility index (Phi) is 7.55. The number of nitrogens with zero attached hydrogens (tertiary/aromatic N) is 7. The second kappa shape index (κ2) is 11.5. The van der Waals surface area contributed by atoms with Crippen molar-refractivity contribution in [3.63, 3.8) is 0 Å². The highest BCUT2D eigenvalue weighted by molar-refractivity contribution is 9.10. The Balaban J connectivity index is 1.44. The van der Waals surface area contributed by atoms with Gasteiger partial charge in [-0.05, 0) is 40.6 Å². The largest absolute Gasteiger partial charge is 0.422 e. The number of aromatic nitrogens is 5. The molecular formula is C25H16BrN9O6. The van der Waals surface area contributed by atoms with E-state index in [1.54, 1.807) is 48.5 Å². The number of hydrogen-bond acceptors (Lipinski definition) is 12. The van der Waals surface area contributed by atoms with Crippen LogP contribution in [0.25, 0.3) is 17.1 Å². The molecule has 15 nitrogen and oxygen atoms in total. The molecule has 5 aromatic rings. The van der Waals surface area contributed by atoms with E-state index in [0.29, 0.717) is 15.6 Å². The number of carbonyl (C=O) groups excluding carboxylic acids is 2. The van der Waals surface area contributed by atoms with Crippen LogP contribution in [0, 0.1) is 10.1 Å². The van der Waals surface area contributed by atoms with E-state index in [0.717, 1.165) is 4.68 Å². The first-order valence-electron chi connectivity index (χ1n) is 11.5. The lowest BCUT2D eigenvalue weighted by molar-refractivity contribution is -0.384. The minimum Gasteiger partial charge on any atom is -0.422 e. The molecule has 0 fully saturated rings. The summed E-state index contributed by atoms with van der Waals surface area (Å²) >= 11 is 3.36. The lowest BCUT2D eigenvalue weighted by Crippen LogP contribution is -2.19. The monoisotopic (exact) mass is 617 g/mol. The number of nitrogens with one attached hydrogen (secondary N) is 1. The number of halogens is 1. The number of nitro groups is 1. The molecule has 0 saturated carbocycles. The average molecular weight is 618 g/mol. The van der Waals surface area contributed by atoms with Crippen molar-refractivity contribution in [1.82, 2.24) is 30.7 Å². The van der Waals surface area contributed by atoms with Gasteiger partial charge in [0.2, 0.25) is 11.6 Å². The van der Waals surface area contributed by atoms with E-state index < -0.39 is 16.8 Å². The van der Waals surface area contributed by atoms with E-state index in [1.807, 2.05) is 0 Å². The zero-order chi connectivity index (χ0) is 28.9. The van der Waals surface area contributed by atoms with Gasteiger partial charge in [-0.2, -0.15) is 9.78 Å². The summed E-state index contributed by atoms with van der Waals surface area (Å²) < 4.78 is 11.9. The maximum atomic E-state index is 13.2. The van der Waals surface area contributed by atoms with Crippen LogP contribution in [0.1, 0.15) is 26.4 Å². The fourth-order valence-electron chi connectivity index (χ4n) is 3.61. The van der Waals surface area contributed by atoms with Gasteiger partial charge in [0.05, 0.1) is 16.7 Å². The number of amides is 1. The SMILES string of the molecule is Nc1nonc1-n1nnc(C(=O)NN=Cc2cc(Br)ccc2OC(=O)c2ccccc2)c1-c1cccc([N+](=O)[O-])c1. The molecule has 3 N–H and O–H groups in total. The van der Waals surface area contributed by atoms with Crippen molar-refractivity contribution in [3.05, 3.63) is 104 Å². The van der Waals surface area contributed by atoms with Gasteiger partial charge in [-0.1, -0.05) is 51.5 Å². The standard InChI is InChI=1S/C25H16BrN9O6/c26-17-9-10-19(40-25(37)14-5-2-1-3-6-14)16(11-17)13-28-30-24(36)20-21(15-7-4-8-18(12-15)35(38)39)34(33-29-20)23-22(27)31-41-32-23/h1-13H,(H2,27,31)(H,30,36). The number of rotatable bonds is 8. The number of nitro benzene ring substituents is 1. The lowest BCUT2D eigenvalue weighted by atomic mass is 10.1. The highest BCUT2D eigenvalue weighted by Gasteiger charge is 2.26. The number of nitrogen functional groups attached to an aromatic ring is 1. The minimum absolute atomic E-state index is 0.0173. The summed E-state index contributed by atoms with van der Waals surface area (Å²) in [6.45, 7) is 0. The fraction of sp³-hybridized carbons (Fsp3) is 0. The molecule has 2 heterocycles. The van der Waals surface area contributed by atoms with Crippen LogP contribution < -0.4 is 15.9 Å². The predicted molar refractivity (Wildman–Crippen MR) is 146 cm³/mol. The van der Waals surface area contributed by atoms with E-state index in [1.165, 1.54) is 30.5 Å². The molecule has 0 radical (unpaired) electrons. The van der Waals surface area contributed by atoms with Gasteiger partial charge in [0.1, 0.15) is 11.4 Å². The Morgan fingerprint density at radius 2 is 1.90 bits per heavy atom. The van der Waals surface area contributed by atoms with E-state index in [-0.39, 0.29) is 40.0 Å². The van der Waals surface area contributed by atoms with Crippen LogP contribution in [0.3, 0.4) is 0 Å². The molecule has 0 saturated heterocycles. The summed E-state index contributed by atoms with van der Waals surface area (Å²) in [6.07, 6.45) is 1.27. The predicted octanol–water partition coefficient (Wildman–Crippen LogP) is 3.55. The molecule has 0 aliphatic rings. The summed E-state index contributed by atoms with van der Waals surface area (Å²) in [7, 11) is 0. The second-order valence-corrected chi connectivity index (χ2v) is 9.03. The first-order chi connectivity index (χ1) is 19.8. The molecule has 0 spiro atoms. The summed E-state index contributed by atoms with van der Waals surface area (Å²) in [6, 6.07) is 18.8. The third-order valence-corrected chi connectivity index (χ3v) is 5.96. The third-order valence-electron chi connectivity index (χ3n) is 5.47. The molecule has 0 bridgehead atoms. The van der Waals surface area contributed by atoms with Gasteiger partial charge >= 0.3 is 5.97 Å². The van der Waals surface area contributed by atoms with Gasteiger partial charge in [0, 0.05) is 27.7 Å². The van der Waals surface area contributed by atoms with Crippen LogP contribution >= 0.6 is 15.9 Å². The minimum atomic E-state index is -0.818. The van der Waals surface area contributed by atoms with Gasteiger partial charge in [-0.3, -0.25) is 14.9 Å². The van der Waals surface area contributed by atoms with Crippen LogP contribution in [-0.4, -0.2) is 48.3 Å². The smallest absolute Gasteiger partial charge is 0.343 e. The first-order valence-corrected chi connectivity index (χ1v) is 12.3. The lowest BCUT2D eigenvalue weighted by Gasteiger charge is -2.08. The zero-order valence-corrected chi connectivity index (χ0v) is 22.1. The normalized spacial score (nSPS) is 11.0. The van der Waals surface area contributed by atoms with Crippen molar-refractivity contribution in [2.75, 3.05) is 5.73 Å². The summed E-state index contributed by atoms with van der Waals surface area (Å²) in [5.41, 5.74) is 8.59. The molecule has 0 aliphatic carbocycles. The Morgan fingerprint density at radius 3 is 2.63 bits per heavy atom. The average Bonchev–Trinajstić information content (AvgIpc) is 3.61. The molecule has 0 unspecified atom stereocenters. The molecule has 0 aliphatic heterocycles. The number of benzene rings is 3. The Morgan fingerprint density at radius 1 is 1.10 bits per heavy atom. The summed E-state index contributed by atoms with van der Waals surface area (Å²) in [5.74, 6) is -1.44. The number of esters is 1. The van der Waals surface area contributed by atoms with Gasteiger partial charge in [0.15, 0.2) is 5.69 Å². The number of hydrogen-bond donors (Lipinski definition) is 2. The van der Waals surface area contributed by atoms with E-state index in [2.05, 4.69) is 51.7 Å². The van der Waals surface area contributed by atoms with Gasteiger partial charge in [0.25, 0.3) is 11.6 Å². The third kappa shape index (κ3) is 5.81. The molecule has 5 rings (SSSR count). The first kappa shape index (κ1) is 26.8. The molecule has 16 heteroatoms. The second-order valence-electron chi connectivity index (χ2n) is 8.12. The fourth-order valence-corrected chi connectivity index (χ4v) is 3.99. The molecular weight excluding hydrogens is 602 g/mol. The summed E-state index contributed by atoms with van der Waals surface area (Å²) in [5, 5.41) is 30.3. The molecule has 3 aromatic carbocycles. The number of carbonyl (C=O) groups is 2. The van der Waals surface area contributed by atoms with Crippen molar-refractivity contribution < 1.29 is 23.9 Å². The van der Waals surface area contributed by atoms with Crippen LogP contribution in [-0.2, 0) is 0 Å². The van der Waals surface area contributed by atoms with Gasteiger partial charge in [-0.25, -0.2) is 14.8 Å². The van der Waals surface area contributed by atoms with Crippen LogP contribution in [0.5, 0.6) is 5.75 Å². The number of anilines is 1. The van der Waals surface area contributed by atoms with Crippen LogP contribution in [0.4, 0.5) is 11.5 Å². The van der Waals surface area contributed by atoms with Gasteiger partial charge < -0.3 is 10.5 Å². The molecule has 1 amide bonds. The van der Waals surface area contributed by atoms with Crippen molar-refractivity contribution in [1.29, 1.82) is 0 Å². The summed E-state index contributed by atoms with van der Waals surface area (Å²) in [4.78, 5) is 36.5. The van der Waals surface area contributed by atoms with Crippen molar-refractivity contribution in [3.8, 4) is 22.8 Å². The number of nitrogens with two attached hydrogens (primary N) is 1. The molecule has 0 atom stereocenters. The Bertz CT molecular complexity index is 1800. The number of ether oxygens (including phenoxy) is 1. The van der Waals surface area contributed by atoms with Crippen molar-refractivity contribution in [2.45, 2.75) is 0 Å². The van der Waals surface area contributed by atoms with E-state index >= 15 is 0 Å². The number of hydrazone groups is 1. The van der Waals surface area contributed by atoms with E-state index in [9.17, 15) is 19.7 Å². The maximum Gasteiger partial charge on any atom is 0.343 e. The molecule has 204 valence electrons. The maximum absolute atomic E-state index is 13.2. The van der Waals surface area contributed by atoms with Crippen molar-refractivity contribution >= 4 is 45.5 Å². The highest BCUT2D eigenvalue weighted by Crippen LogP contribution is 2.29. The Labute approximate surface area is 237 Å². The number of non-ortho nitro benzene ring substituents is 1. The topological polar surface area (TPSA) is 207 Å². The van der Waals surface area contributed by atoms with Crippen molar-refractivity contribution in [2.24, 2.45) is 5.10 Å². The quantitative estimate of drug-likeness (QED) is 0.0845. The molecule has 2 aromatic heterocycles. The Hall–Kier alpha value is -5.77. The van der Waals surface area contributed by atoms with Crippen LogP contribution in [0.2, 0.25) is 0 Å². The highest BCUT2D eigenvalue weighted by atomic mass is 79.9. The zero-order valence-electron chi connectivity index (χ0n) is 20.5. The molecule has 41 heavy (non-hydrogen) atoms.